The van der Waals surface area contributed by atoms with Crippen molar-refractivity contribution < 1.29 is 88.7 Å². The Kier molecular flexibility index (Phi) is 11.1. The third kappa shape index (κ3) is 6.48. The highest BCUT2D eigenvalue weighted by atomic mass is 16.8. The number of aldehydes is 1. The van der Waals surface area contributed by atoms with Crippen molar-refractivity contribution in [2.24, 2.45) is 28.6 Å². The largest absolute Gasteiger partial charge is 0.458 e. The van der Waals surface area contributed by atoms with Gasteiger partial charge in [-0.3, -0.25) is 0 Å². The zero-order valence-electron chi connectivity index (χ0n) is 32.2. The van der Waals surface area contributed by atoms with Gasteiger partial charge in [-0.2, -0.15) is 0 Å². The fourth-order valence-electron chi connectivity index (χ4n) is 12.2. The van der Waals surface area contributed by atoms with Gasteiger partial charge < -0.3 is 83.9 Å². The maximum absolute atomic E-state index is 13.3. The minimum atomic E-state index is -2.00. The molecule has 0 spiro atoms. The summed E-state index contributed by atoms with van der Waals surface area (Å²) in [6.45, 7) is 2.20. The van der Waals surface area contributed by atoms with Crippen LogP contribution in [-0.4, -0.2) is 175 Å². The van der Waals surface area contributed by atoms with Crippen molar-refractivity contribution in [3.05, 3.63) is 11.6 Å². The van der Waals surface area contributed by atoms with Crippen LogP contribution in [0.4, 0.5) is 0 Å². The number of aliphatic hydroxyl groups excluding tert-OH is 6. The van der Waals surface area contributed by atoms with E-state index in [0.29, 0.717) is 38.5 Å². The molecule has 4 saturated carbocycles. The summed E-state index contributed by atoms with van der Waals surface area (Å²) in [7, 11) is 0. The Morgan fingerprint density at radius 3 is 2.26 bits per heavy atom. The Hall–Kier alpha value is -1.72. The van der Waals surface area contributed by atoms with Gasteiger partial charge in [-0.25, -0.2) is 4.79 Å². The molecule has 0 radical (unpaired) electrons. The molecular formula is C39H58O18. The molecule has 8 aliphatic rings. The van der Waals surface area contributed by atoms with E-state index in [-0.39, 0.29) is 49.6 Å². The van der Waals surface area contributed by atoms with Crippen molar-refractivity contribution in [1.82, 2.24) is 0 Å². The van der Waals surface area contributed by atoms with Crippen molar-refractivity contribution in [3.63, 3.8) is 0 Å². The monoisotopic (exact) mass is 814 g/mol. The summed E-state index contributed by atoms with van der Waals surface area (Å²) >= 11 is 0. The number of carbonyl (C=O) groups excluding carboxylic acids is 2. The summed E-state index contributed by atoms with van der Waals surface area (Å²) in [5.74, 6) is -0.886. The number of fused-ring (bicyclic) bond motifs is 5. The summed E-state index contributed by atoms with van der Waals surface area (Å²) in [4.78, 5) is 25.2. The molecule has 8 rings (SSSR count). The van der Waals surface area contributed by atoms with E-state index in [1.165, 1.54) is 0 Å². The molecule has 20 atom stereocenters. The third-order valence-corrected chi connectivity index (χ3v) is 15.5. The molecule has 0 aromatic heterocycles. The lowest BCUT2D eigenvalue weighted by molar-refractivity contribution is -0.358. The van der Waals surface area contributed by atoms with Crippen molar-refractivity contribution in [2.45, 2.75) is 162 Å². The van der Waals surface area contributed by atoms with Gasteiger partial charge in [-0.05, 0) is 81.6 Å². The molecule has 4 aliphatic carbocycles. The van der Waals surface area contributed by atoms with Gasteiger partial charge in [0.05, 0.1) is 48.6 Å². The number of cyclic esters (lactones) is 1. The summed E-state index contributed by atoms with van der Waals surface area (Å²) in [5, 5.41) is 99.1. The second-order valence-electron chi connectivity index (χ2n) is 18.3. The summed E-state index contributed by atoms with van der Waals surface area (Å²) in [6, 6.07) is 0. The predicted molar refractivity (Wildman–Crippen MR) is 188 cm³/mol. The van der Waals surface area contributed by atoms with Gasteiger partial charge in [0, 0.05) is 17.9 Å². The second-order valence-corrected chi connectivity index (χ2v) is 18.3. The number of esters is 1. The van der Waals surface area contributed by atoms with Crippen molar-refractivity contribution in [3.8, 4) is 0 Å². The molecule has 9 N–H and O–H groups in total. The maximum Gasteiger partial charge on any atom is 0.331 e. The van der Waals surface area contributed by atoms with Gasteiger partial charge in [-0.1, -0.05) is 6.92 Å². The summed E-state index contributed by atoms with van der Waals surface area (Å²) in [5.41, 5.74) is -5.29. The molecule has 4 heterocycles. The highest BCUT2D eigenvalue weighted by Crippen LogP contribution is 2.70. The van der Waals surface area contributed by atoms with Gasteiger partial charge in [0.25, 0.3) is 0 Å². The van der Waals surface area contributed by atoms with E-state index >= 15 is 0 Å². The fraction of sp³-hybridized carbons (Fsp3) is 0.897. The van der Waals surface area contributed by atoms with Crippen LogP contribution in [-0.2, 0) is 42.7 Å². The smallest absolute Gasteiger partial charge is 0.331 e. The van der Waals surface area contributed by atoms with Gasteiger partial charge in [-0.15, -0.1) is 0 Å². The van der Waals surface area contributed by atoms with Crippen molar-refractivity contribution >= 4 is 12.3 Å². The van der Waals surface area contributed by atoms with Crippen molar-refractivity contribution in [1.29, 1.82) is 0 Å². The second kappa shape index (κ2) is 15.0. The maximum atomic E-state index is 13.3. The van der Waals surface area contributed by atoms with E-state index in [4.69, 9.17) is 33.2 Å². The van der Waals surface area contributed by atoms with Crippen LogP contribution in [0.2, 0.25) is 0 Å². The van der Waals surface area contributed by atoms with Crippen LogP contribution < -0.4 is 0 Å². The van der Waals surface area contributed by atoms with Crippen LogP contribution in [0.3, 0.4) is 0 Å². The van der Waals surface area contributed by atoms with E-state index in [9.17, 15) is 55.5 Å². The molecule has 7 fully saturated rings. The molecule has 0 amide bonds. The average Bonchev–Trinajstić information content (AvgIpc) is 3.82. The van der Waals surface area contributed by atoms with Gasteiger partial charge in [0.2, 0.25) is 0 Å². The van der Waals surface area contributed by atoms with E-state index in [1.54, 1.807) is 13.0 Å². The first kappa shape index (κ1) is 42.0. The molecule has 0 unspecified atom stereocenters. The standard InChI is InChI=1S/C39H58O18/c1-18-29(56-32-28(46)30(24(42)14-52-32)57-34-31(47)37(48,16-41)17-53-34)26(44)27(45)33(54-18)55-20-3-8-36(15-40)22-4-7-35(2)21(19-11-25(43)51-13-19)6-10-39(35,50)23(22)5-9-38(36,49)12-20/h11,15,18,20-24,26-34,41-42,44-50H,3-10,12-14,16-17H2,1-2H3/t18-,20+,21-,22+,23-,24-,26+,27-,28-,29-,30+,31+,32+,33+,34+,35-,36+,37-,38+,39+/m1/s1. The number of aliphatic hydroxyl groups is 9. The molecule has 3 saturated heterocycles. The third-order valence-electron chi connectivity index (χ3n) is 15.5. The lowest BCUT2D eigenvalue weighted by Crippen LogP contribution is -2.69. The van der Waals surface area contributed by atoms with Crippen LogP contribution in [0.15, 0.2) is 11.6 Å². The Morgan fingerprint density at radius 1 is 0.842 bits per heavy atom. The average molecular weight is 815 g/mol. The van der Waals surface area contributed by atoms with Gasteiger partial charge in [0.1, 0.15) is 61.2 Å². The molecule has 4 aliphatic heterocycles. The normalized spacial score (nSPS) is 55.0. The number of hydrogen-bond donors (Lipinski definition) is 9. The molecule has 57 heavy (non-hydrogen) atoms. The zero-order chi connectivity index (χ0) is 40.9. The summed E-state index contributed by atoms with van der Waals surface area (Å²) in [6.07, 6.45) is -10.4. The number of rotatable bonds is 9. The highest BCUT2D eigenvalue weighted by Gasteiger charge is 2.72. The predicted octanol–water partition coefficient (Wildman–Crippen LogP) is -2.32. The molecule has 18 heteroatoms. The van der Waals surface area contributed by atoms with E-state index in [1.807, 2.05) is 0 Å². The molecule has 18 nitrogen and oxygen atoms in total. The minimum absolute atomic E-state index is 0.0144. The van der Waals surface area contributed by atoms with Crippen LogP contribution in [0, 0.1) is 28.6 Å². The fourth-order valence-corrected chi connectivity index (χ4v) is 12.2. The Bertz CT molecular complexity index is 1560. The number of carbonyl (C=O) groups is 2. The Balaban J connectivity index is 0.899. The molecule has 0 bridgehead atoms. The topological polar surface area (TPSA) is 281 Å². The quantitative estimate of drug-likeness (QED) is 0.0671. The number of hydrogen-bond acceptors (Lipinski definition) is 18. The lowest BCUT2D eigenvalue weighted by atomic mass is 9.41. The van der Waals surface area contributed by atoms with Crippen LogP contribution in [0.25, 0.3) is 0 Å². The van der Waals surface area contributed by atoms with Gasteiger partial charge in [0.15, 0.2) is 18.9 Å². The van der Waals surface area contributed by atoms with E-state index in [2.05, 4.69) is 6.92 Å². The van der Waals surface area contributed by atoms with Crippen molar-refractivity contribution in [2.75, 3.05) is 26.4 Å². The molecule has 0 aromatic rings. The highest BCUT2D eigenvalue weighted by molar-refractivity contribution is 5.85. The van der Waals surface area contributed by atoms with E-state index < -0.39 is 121 Å². The SMILES string of the molecule is C[C@H]1O[C@@H](O[C@H]2CC[C@]3(C=O)[C@H]4CC[C@]5(C)[C@@H](C6=CC(=O)OC6)CC[C@]5(O)[C@@H]4CC[C@]3(O)C2)[C@H](O)[C@H](O)[C@@H]1O[C@@H]1OC[C@@H](O)[C@H](O[C@@H]2OC[C@](O)(CO)[C@H]2O)[C@H]1O. The van der Waals surface area contributed by atoms with Crippen LogP contribution >= 0.6 is 0 Å². The molecule has 322 valence electrons. The first-order chi connectivity index (χ1) is 26.9. The first-order valence-electron chi connectivity index (χ1n) is 20.3. The number of ether oxygens (including phenoxy) is 7. The molecule has 0 aromatic carbocycles. The van der Waals surface area contributed by atoms with Gasteiger partial charge >= 0.3 is 5.97 Å². The minimum Gasteiger partial charge on any atom is -0.458 e. The molecular weight excluding hydrogens is 756 g/mol. The van der Waals surface area contributed by atoms with Crippen LogP contribution in [0.5, 0.6) is 0 Å². The Morgan fingerprint density at radius 2 is 1.58 bits per heavy atom. The Labute approximate surface area is 329 Å². The summed E-state index contributed by atoms with van der Waals surface area (Å²) < 4.78 is 39.7. The van der Waals surface area contributed by atoms with E-state index in [0.717, 1.165) is 11.9 Å². The first-order valence-corrected chi connectivity index (χ1v) is 20.3. The lowest BCUT2D eigenvalue weighted by Gasteiger charge is -2.65. The zero-order valence-corrected chi connectivity index (χ0v) is 32.2. The van der Waals surface area contributed by atoms with Crippen LogP contribution in [0.1, 0.15) is 71.6 Å².